The quantitative estimate of drug-likeness (QED) is 0.669. The van der Waals surface area contributed by atoms with E-state index in [1.807, 2.05) is 6.92 Å². The number of rotatable bonds is 6. The van der Waals surface area contributed by atoms with Crippen LogP contribution in [0.5, 0.6) is 0 Å². The van der Waals surface area contributed by atoms with E-state index < -0.39 is 5.97 Å². The number of hydrogen-bond donors (Lipinski definition) is 1. The van der Waals surface area contributed by atoms with Gasteiger partial charge in [0, 0.05) is 13.2 Å². The minimum Gasteiger partial charge on any atom is -0.481 e. The Hall–Kier alpha value is -0.570. The number of carboxylic acids is 1. The molecule has 0 aromatic rings. The Morgan fingerprint density at radius 3 is 2.64 bits per heavy atom. The summed E-state index contributed by atoms with van der Waals surface area (Å²) in [7, 11) is 0. The van der Waals surface area contributed by atoms with E-state index in [0.717, 1.165) is 12.8 Å². The predicted octanol–water partition coefficient (Wildman–Crippen LogP) is 2.30. The van der Waals surface area contributed by atoms with Crippen molar-refractivity contribution in [3.8, 4) is 0 Å². The van der Waals surface area contributed by atoms with Crippen LogP contribution in [0.15, 0.2) is 0 Å². The first kappa shape index (κ1) is 11.5. The SMILES string of the molecule is CCOCCC(C(=O)O)C1CCCC1. The van der Waals surface area contributed by atoms with Crippen LogP contribution < -0.4 is 0 Å². The largest absolute Gasteiger partial charge is 0.481 e. The van der Waals surface area contributed by atoms with Gasteiger partial charge in [-0.1, -0.05) is 12.8 Å². The Balaban J connectivity index is 2.34. The summed E-state index contributed by atoms with van der Waals surface area (Å²) in [5.41, 5.74) is 0. The summed E-state index contributed by atoms with van der Waals surface area (Å²) >= 11 is 0. The molecule has 0 saturated heterocycles. The normalized spacial score (nSPS) is 19.8. The van der Waals surface area contributed by atoms with Gasteiger partial charge in [-0.25, -0.2) is 0 Å². The summed E-state index contributed by atoms with van der Waals surface area (Å²) in [6.45, 7) is 3.20. The first-order chi connectivity index (χ1) is 6.75. The standard InChI is InChI=1S/C11H20O3/c1-2-14-8-7-10(11(12)13)9-5-3-4-6-9/h9-10H,2-8H2,1H3,(H,12,13). The monoisotopic (exact) mass is 200 g/mol. The molecule has 3 heteroatoms. The Morgan fingerprint density at radius 1 is 1.50 bits per heavy atom. The zero-order valence-electron chi connectivity index (χ0n) is 8.87. The lowest BCUT2D eigenvalue weighted by molar-refractivity contribution is -0.144. The van der Waals surface area contributed by atoms with Gasteiger partial charge in [0.15, 0.2) is 0 Å². The van der Waals surface area contributed by atoms with E-state index in [9.17, 15) is 4.79 Å². The Labute approximate surface area is 85.5 Å². The van der Waals surface area contributed by atoms with E-state index >= 15 is 0 Å². The van der Waals surface area contributed by atoms with Crippen LogP contribution in [-0.4, -0.2) is 24.3 Å². The van der Waals surface area contributed by atoms with Crippen LogP contribution in [0.3, 0.4) is 0 Å². The molecule has 1 rings (SSSR count). The molecule has 1 saturated carbocycles. The van der Waals surface area contributed by atoms with E-state index in [4.69, 9.17) is 9.84 Å². The fourth-order valence-electron chi connectivity index (χ4n) is 2.28. The van der Waals surface area contributed by atoms with Gasteiger partial charge in [-0.15, -0.1) is 0 Å². The van der Waals surface area contributed by atoms with Crippen molar-refractivity contribution < 1.29 is 14.6 Å². The van der Waals surface area contributed by atoms with Gasteiger partial charge < -0.3 is 9.84 Å². The van der Waals surface area contributed by atoms with Gasteiger partial charge in [0.25, 0.3) is 0 Å². The maximum absolute atomic E-state index is 11.0. The van der Waals surface area contributed by atoms with E-state index in [1.165, 1.54) is 12.8 Å². The molecule has 1 aliphatic rings. The fourth-order valence-corrected chi connectivity index (χ4v) is 2.28. The van der Waals surface area contributed by atoms with E-state index in [-0.39, 0.29) is 5.92 Å². The molecule has 3 nitrogen and oxygen atoms in total. The Morgan fingerprint density at radius 2 is 2.14 bits per heavy atom. The molecule has 1 unspecified atom stereocenters. The van der Waals surface area contributed by atoms with Crippen molar-refractivity contribution in [1.29, 1.82) is 0 Å². The van der Waals surface area contributed by atoms with Gasteiger partial charge in [-0.05, 0) is 32.1 Å². The van der Waals surface area contributed by atoms with Gasteiger partial charge in [0.05, 0.1) is 5.92 Å². The summed E-state index contributed by atoms with van der Waals surface area (Å²) in [6, 6.07) is 0. The average Bonchev–Trinajstić information content (AvgIpc) is 2.64. The summed E-state index contributed by atoms with van der Waals surface area (Å²) in [6.07, 6.45) is 5.24. The molecule has 0 aromatic carbocycles. The first-order valence-electron chi connectivity index (χ1n) is 5.56. The second kappa shape index (κ2) is 6.02. The number of carbonyl (C=O) groups is 1. The molecular formula is C11H20O3. The molecule has 0 radical (unpaired) electrons. The molecule has 14 heavy (non-hydrogen) atoms. The Bertz CT molecular complexity index is 173. The van der Waals surface area contributed by atoms with Gasteiger partial charge in [0.2, 0.25) is 0 Å². The third kappa shape index (κ3) is 3.29. The molecular weight excluding hydrogens is 180 g/mol. The zero-order chi connectivity index (χ0) is 10.4. The molecule has 82 valence electrons. The summed E-state index contributed by atoms with van der Waals surface area (Å²) in [5.74, 6) is -0.423. The highest BCUT2D eigenvalue weighted by atomic mass is 16.5. The van der Waals surface area contributed by atoms with Crippen molar-refractivity contribution in [3.63, 3.8) is 0 Å². The van der Waals surface area contributed by atoms with Crippen molar-refractivity contribution in [2.45, 2.75) is 39.0 Å². The highest BCUT2D eigenvalue weighted by Gasteiger charge is 2.29. The first-order valence-corrected chi connectivity index (χ1v) is 5.56. The lowest BCUT2D eigenvalue weighted by Crippen LogP contribution is -2.23. The molecule has 0 spiro atoms. The van der Waals surface area contributed by atoms with Crippen LogP contribution in [0.1, 0.15) is 39.0 Å². The summed E-state index contributed by atoms with van der Waals surface area (Å²) < 4.78 is 5.21. The van der Waals surface area contributed by atoms with Crippen LogP contribution in [0.25, 0.3) is 0 Å². The van der Waals surface area contributed by atoms with Crippen molar-refractivity contribution >= 4 is 5.97 Å². The van der Waals surface area contributed by atoms with Crippen LogP contribution >= 0.6 is 0 Å². The van der Waals surface area contributed by atoms with Crippen LogP contribution in [-0.2, 0) is 9.53 Å². The van der Waals surface area contributed by atoms with Crippen LogP contribution in [0.2, 0.25) is 0 Å². The van der Waals surface area contributed by atoms with E-state index in [2.05, 4.69) is 0 Å². The lowest BCUT2D eigenvalue weighted by Gasteiger charge is -2.18. The molecule has 1 fully saturated rings. The number of carboxylic acid groups (broad SMARTS) is 1. The highest BCUT2D eigenvalue weighted by molar-refractivity contribution is 5.70. The minimum absolute atomic E-state index is 0.177. The number of ether oxygens (including phenoxy) is 1. The molecule has 0 amide bonds. The second-order valence-corrected chi connectivity index (χ2v) is 3.97. The van der Waals surface area contributed by atoms with Crippen molar-refractivity contribution in [2.75, 3.05) is 13.2 Å². The van der Waals surface area contributed by atoms with Crippen LogP contribution in [0.4, 0.5) is 0 Å². The maximum Gasteiger partial charge on any atom is 0.306 e. The predicted molar refractivity (Wildman–Crippen MR) is 54.2 cm³/mol. The molecule has 1 atom stereocenters. The lowest BCUT2D eigenvalue weighted by atomic mass is 9.88. The fraction of sp³-hybridized carbons (Fsp3) is 0.909. The molecule has 1 aliphatic carbocycles. The van der Waals surface area contributed by atoms with Crippen molar-refractivity contribution in [2.24, 2.45) is 11.8 Å². The highest BCUT2D eigenvalue weighted by Crippen LogP contribution is 2.33. The summed E-state index contributed by atoms with van der Waals surface area (Å²) in [5, 5.41) is 9.08. The third-order valence-electron chi connectivity index (χ3n) is 3.06. The van der Waals surface area contributed by atoms with E-state index in [0.29, 0.717) is 25.6 Å². The van der Waals surface area contributed by atoms with Gasteiger partial charge >= 0.3 is 5.97 Å². The molecule has 0 bridgehead atoms. The second-order valence-electron chi connectivity index (χ2n) is 3.97. The van der Waals surface area contributed by atoms with Crippen molar-refractivity contribution in [1.82, 2.24) is 0 Å². The molecule has 0 aliphatic heterocycles. The average molecular weight is 200 g/mol. The van der Waals surface area contributed by atoms with E-state index in [1.54, 1.807) is 0 Å². The third-order valence-corrected chi connectivity index (χ3v) is 3.06. The Kier molecular flexibility index (Phi) is 4.94. The molecule has 0 heterocycles. The van der Waals surface area contributed by atoms with Gasteiger partial charge in [0.1, 0.15) is 0 Å². The number of aliphatic carboxylic acids is 1. The maximum atomic E-state index is 11.0. The summed E-state index contributed by atoms with van der Waals surface area (Å²) in [4.78, 5) is 11.0. The zero-order valence-corrected chi connectivity index (χ0v) is 8.87. The van der Waals surface area contributed by atoms with Crippen LogP contribution in [0, 0.1) is 11.8 Å². The van der Waals surface area contributed by atoms with Gasteiger partial charge in [-0.2, -0.15) is 0 Å². The smallest absolute Gasteiger partial charge is 0.306 e. The molecule has 1 N–H and O–H groups in total. The minimum atomic E-state index is -0.642. The topological polar surface area (TPSA) is 46.5 Å². The van der Waals surface area contributed by atoms with Crippen molar-refractivity contribution in [3.05, 3.63) is 0 Å². The molecule has 0 aromatic heterocycles. The van der Waals surface area contributed by atoms with Gasteiger partial charge in [-0.3, -0.25) is 4.79 Å². The number of hydrogen-bond acceptors (Lipinski definition) is 2.